The maximum absolute atomic E-state index is 13.1. The van der Waals surface area contributed by atoms with Gasteiger partial charge in [-0.1, -0.05) is 23.7 Å². The van der Waals surface area contributed by atoms with E-state index in [-0.39, 0.29) is 11.9 Å². The predicted molar refractivity (Wildman–Crippen MR) is 123 cm³/mol. The molecule has 0 fully saturated rings. The average molecular weight is 437 g/mol. The summed E-state index contributed by atoms with van der Waals surface area (Å²) in [5.41, 5.74) is 3.89. The Labute approximate surface area is 186 Å². The predicted octanol–water partition coefficient (Wildman–Crippen LogP) is 5.51. The number of amides is 1. The molecule has 0 saturated carbocycles. The lowest BCUT2D eigenvalue weighted by atomic mass is 10.1. The zero-order valence-electron chi connectivity index (χ0n) is 18.1. The molecule has 0 atom stereocenters. The Morgan fingerprint density at radius 1 is 1.23 bits per heavy atom. The third-order valence-electron chi connectivity index (χ3n) is 5.21. The molecule has 6 nitrogen and oxygen atoms in total. The highest BCUT2D eigenvalue weighted by atomic mass is 35.5. The zero-order chi connectivity index (χ0) is 22.1. The molecule has 0 spiro atoms. The largest absolute Gasteiger partial charge is 0.466 e. The van der Waals surface area contributed by atoms with Gasteiger partial charge in [-0.3, -0.25) is 4.79 Å². The monoisotopic (exact) mass is 436 g/mol. The van der Waals surface area contributed by atoms with Gasteiger partial charge in [-0.15, -0.1) is 0 Å². The molecular weight excluding hydrogens is 412 g/mol. The van der Waals surface area contributed by atoms with Gasteiger partial charge in [0.15, 0.2) is 5.65 Å². The van der Waals surface area contributed by atoms with Crippen LogP contribution in [0.1, 0.15) is 47.3 Å². The number of furan rings is 1. The van der Waals surface area contributed by atoms with Crippen molar-refractivity contribution < 1.29 is 9.21 Å². The topological polar surface area (TPSA) is 73.0 Å². The fourth-order valence-electron chi connectivity index (χ4n) is 3.71. The second-order valence-corrected chi connectivity index (χ2v) is 8.37. The number of rotatable bonds is 6. The van der Waals surface area contributed by atoms with Gasteiger partial charge in [0.2, 0.25) is 0 Å². The smallest absolute Gasteiger partial charge is 0.252 e. The third kappa shape index (κ3) is 4.35. The first-order valence-corrected chi connectivity index (χ1v) is 10.7. The van der Waals surface area contributed by atoms with Crippen LogP contribution in [0, 0.1) is 13.8 Å². The van der Waals surface area contributed by atoms with E-state index in [1.165, 1.54) is 0 Å². The van der Waals surface area contributed by atoms with Crippen LogP contribution >= 0.6 is 11.6 Å². The number of carbonyl (C=O) groups excluding carboxylic acids is 1. The number of benzene rings is 1. The maximum Gasteiger partial charge on any atom is 0.252 e. The Kier molecular flexibility index (Phi) is 5.83. The van der Waals surface area contributed by atoms with Crippen LogP contribution in [0.4, 0.5) is 0 Å². The lowest BCUT2D eigenvalue weighted by Crippen LogP contribution is -2.26. The molecule has 31 heavy (non-hydrogen) atoms. The fraction of sp³-hybridized carbons (Fsp3) is 0.292. The number of aromatic nitrogens is 3. The highest BCUT2D eigenvalue weighted by Crippen LogP contribution is 2.30. The van der Waals surface area contributed by atoms with Gasteiger partial charge in [0, 0.05) is 23.2 Å². The summed E-state index contributed by atoms with van der Waals surface area (Å²) in [5.74, 6) is 1.42. The second kappa shape index (κ2) is 8.55. The molecule has 0 radical (unpaired) electrons. The van der Waals surface area contributed by atoms with E-state index in [2.05, 4.69) is 10.4 Å². The second-order valence-electron chi connectivity index (χ2n) is 7.94. The van der Waals surface area contributed by atoms with E-state index in [1.54, 1.807) is 6.20 Å². The maximum atomic E-state index is 13.1. The number of hydrogen-bond donors (Lipinski definition) is 1. The van der Waals surface area contributed by atoms with Crippen molar-refractivity contribution >= 4 is 28.5 Å². The molecule has 0 bridgehead atoms. The van der Waals surface area contributed by atoms with Crippen LogP contribution in [0.25, 0.3) is 22.3 Å². The van der Waals surface area contributed by atoms with E-state index in [4.69, 9.17) is 21.0 Å². The Balaban J connectivity index is 1.68. The van der Waals surface area contributed by atoms with Crippen molar-refractivity contribution in [3.8, 4) is 11.3 Å². The summed E-state index contributed by atoms with van der Waals surface area (Å²) in [5, 5.41) is 8.92. The molecule has 3 aromatic heterocycles. The zero-order valence-corrected chi connectivity index (χ0v) is 18.8. The molecule has 1 amide bonds. The number of fused-ring (bicyclic) bond motifs is 1. The van der Waals surface area contributed by atoms with Crippen LogP contribution in [-0.4, -0.2) is 27.2 Å². The summed E-state index contributed by atoms with van der Waals surface area (Å²) in [7, 11) is 0. The molecular formula is C24H25ClN4O2. The molecule has 4 rings (SSSR count). The van der Waals surface area contributed by atoms with Crippen LogP contribution in [-0.2, 0) is 6.42 Å². The highest BCUT2D eigenvalue weighted by molar-refractivity contribution is 6.30. The Bertz CT molecular complexity index is 1260. The first-order valence-electron chi connectivity index (χ1n) is 10.3. The van der Waals surface area contributed by atoms with Crippen LogP contribution < -0.4 is 5.32 Å². The number of nitrogens with zero attached hydrogens (tertiary/aromatic N) is 3. The summed E-state index contributed by atoms with van der Waals surface area (Å²) < 4.78 is 7.53. The normalized spacial score (nSPS) is 11.4. The third-order valence-corrected chi connectivity index (χ3v) is 5.44. The van der Waals surface area contributed by atoms with Crippen molar-refractivity contribution in [1.29, 1.82) is 0 Å². The number of carbonyl (C=O) groups is 1. The fourth-order valence-corrected chi connectivity index (χ4v) is 3.93. The number of halogens is 1. The molecule has 160 valence electrons. The van der Waals surface area contributed by atoms with E-state index in [1.807, 2.05) is 68.8 Å². The van der Waals surface area contributed by atoms with Gasteiger partial charge in [-0.25, -0.2) is 9.67 Å². The summed E-state index contributed by atoms with van der Waals surface area (Å²) in [6.07, 6.45) is 2.41. The number of nitrogens with one attached hydrogen (secondary N) is 1. The van der Waals surface area contributed by atoms with E-state index < -0.39 is 0 Å². The van der Waals surface area contributed by atoms with Crippen LogP contribution in [0.5, 0.6) is 0 Å². The van der Waals surface area contributed by atoms with E-state index in [0.29, 0.717) is 34.9 Å². The van der Waals surface area contributed by atoms with Crippen molar-refractivity contribution in [2.24, 2.45) is 0 Å². The van der Waals surface area contributed by atoms with Crippen LogP contribution in [0.3, 0.4) is 0 Å². The minimum Gasteiger partial charge on any atom is -0.466 e. The van der Waals surface area contributed by atoms with Crippen molar-refractivity contribution in [1.82, 2.24) is 20.1 Å². The first-order chi connectivity index (χ1) is 14.8. The molecule has 0 saturated heterocycles. The summed E-state index contributed by atoms with van der Waals surface area (Å²) >= 11 is 6.05. The van der Waals surface area contributed by atoms with Gasteiger partial charge >= 0.3 is 0 Å². The Morgan fingerprint density at radius 2 is 2.03 bits per heavy atom. The molecule has 0 aliphatic heterocycles. The first kappa shape index (κ1) is 21.1. The molecule has 0 aliphatic rings. The number of aryl methyl sites for hydroxylation is 2. The number of pyridine rings is 1. The van der Waals surface area contributed by atoms with Gasteiger partial charge in [-0.2, -0.15) is 5.10 Å². The molecule has 7 heteroatoms. The van der Waals surface area contributed by atoms with Gasteiger partial charge in [0.05, 0.1) is 22.8 Å². The van der Waals surface area contributed by atoms with Gasteiger partial charge in [-0.05, 0) is 63.9 Å². The standard InChI is InChI=1S/C24H25ClN4O2/c1-14(2)29-23-21(13-27-29)20(12-22(28-23)19-10-15(3)31-16(19)4)24(30)26-9-8-17-6-5-7-18(25)11-17/h5-7,10-14H,8-9H2,1-4H3,(H,26,30). The minimum absolute atomic E-state index is 0.117. The van der Waals surface area contributed by atoms with Crippen molar-refractivity contribution in [2.45, 2.75) is 40.2 Å². The van der Waals surface area contributed by atoms with Gasteiger partial charge in [0.25, 0.3) is 5.91 Å². The molecule has 3 heterocycles. The summed E-state index contributed by atoms with van der Waals surface area (Å²) in [6, 6.07) is 11.5. The van der Waals surface area contributed by atoms with E-state index in [9.17, 15) is 4.79 Å². The minimum atomic E-state index is -0.156. The Morgan fingerprint density at radius 3 is 2.71 bits per heavy atom. The highest BCUT2D eigenvalue weighted by Gasteiger charge is 2.20. The lowest BCUT2D eigenvalue weighted by Gasteiger charge is -2.11. The Hall–Kier alpha value is -3.12. The van der Waals surface area contributed by atoms with Crippen molar-refractivity contribution in [3.63, 3.8) is 0 Å². The summed E-state index contributed by atoms with van der Waals surface area (Å²) in [4.78, 5) is 18.0. The molecule has 1 aromatic carbocycles. The van der Waals surface area contributed by atoms with Crippen molar-refractivity contribution in [3.05, 3.63) is 70.3 Å². The van der Waals surface area contributed by atoms with Crippen LogP contribution in [0.15, 0.2) is 47.0 Å². The van der Waals surface area contributed by atoms with Crippen LogP contribution in [0.2, 0.25) is 5.02 Å². The summed E-state index contributed by atoms with van der Waals surface area (Å²) in [6.45, 7) is 8.38. The molecule has 4 aromatic rings. The van der Waals surface area contributed by atoms with Gasteiger partial charge < -0.3 is 9.73 Å². The SMILES string of the molecule is Cc1cc(-c2cc(C(=O)NCCc3cccc(Cl)c3)c3cnn(C(C)C)c3n2)c(C)o1. The lowest BCUT2D eigenvalue weighted by molar-refractivity contribution is 0.0955. The molecule has 0 unspecified atom stereocenters. The van der Waals surface area contributed by atoms with E-state index >= 15 is 0 Å². The molecule has 1 N–H and O–H groups in total. The van der Waals surface area contributed by atoms with Crippen molar-refractivity contribution in [2.75, 3.05) is 6.54 Å². The van der Waals surface area contributed by atoms with Gasteiger partial charge in [0.1, 0.15) is 11.5 Å². The average Bonchev–Trinajstić information content (AvgIpc) is 3.29. The number of hydrogen-bond acceptors (Lipinski definition) is 4. The molecule has 0 aliphatic carbocycles. The van der Waals surface area contributed by atoms with E-state index in [0.717, 1.165) is 28.0 Å². The quantitative estimate of drug-likeness (QED) is 0.432.